The number of benzene rings is 3. The maximum absolute atomic E-state index is 13.1. The van der Waals surface area contributed by atoms with Gasteiger partial charge in [0.2, 0.25) is 5.91 Å². The zero-order chi connectivity index (χ0) is 19.3. The Balaban J connectivity index is 1.58. The standard InChI is InChI=1S/C23H21NO3S/c1-16-7-9-18(10-8-16)24-23(25)22(17-5-3-2-4-6-17)28-19-11-12-20-21(15-19)27-14-13-26-20/h2-12,15,22H,13-14H2,1H3,(H,24,25)/t22-/m1/s1. The van der Waals surface area contributed by atoms with Gasteiger partial charge in [-0.3, -0.25) is 4.79 Å². The molecule has 4 nitrogen and oxygen atoms in total. The van der Waals surface area contributed by atoms with Crippen molar-refractivity contribution in [1.82, 2.24) is 0 Å². The first kappa shape index (κ1) is 18.4. The number of thioether (sulfide) groups is 1. The molecule has 0 saturated carbocycles. The van der Waals surface area contributed by atoms with Gasteiger partial charge in [0, 0.05) is 10.6 Å². The van der Waals surface area contributed by atoms with E-state index in [1.165, 1.54) is 11.8 Å². The van der Waals surface area contributed by atoms with Crippen LogP contribution in [0.2, 0.25) is 0 Å². The van der Waals surface area contributed by atoms with Gasteiger partial charge in [-0.1, -0.05) is 48.0 Å². The van der Waals surface area contributed by atoms with E-state index in [4.69, 9.17) is 9.47 Å². The molecule has 0 spiro atoms. The van der Waals surface area contributed by atoms with Gasteiger partial charge in [0.15, 0.2) is 11.5 Å². The zero-order valence-corrected chi connectivity index (χ0v) is 16.4. The molecule has 3 aromatic carbocycles. The summed E-state index contributed by atoms with van der Waals surface area (Å²) in [6.45, 7) is 3.12. The van der Waals surface area contributed by atoms with Gasteiger partial charge in [0.1, 0.15) is 18.5 Å². The van der Waals surface area contributed by atoms with Crippen LogP contribution < -0.4 is 14.8 Å². The maximum Gasteiger partial charge on any atom is 0.242 e. The van der Waals surface area contributed by atoms with Crippen LogP contribution in [0.25, 0.3) is 0 Å². The number of anilines is 1. The molecule has 0 saturated heterocycles. The fraction of sp³-hybridized carbons (Fsp3) is 0.174. The Labute approximate surface area is 168 Å². The molecular weight excluding hydrogens is 370 g/mol. The van der Waals surface area contributed by atoms with Crippen LogP contribution in [0.1, 0.15) is 16.4 Å². The van der Waals surface area contributed by atoms with E-state index in [0.717, 1.165) is 33.2 Å². The van der Waals surface area contributed by atoms with E-state index in [2.05, 4.69) is 5.32 Å². The summed E-state index contributed by atoms with van der Waals surface area (Å²) >= 11 is 1.50. The number of ether oxygens (including phenoxy) is 2. The smallest absolute Gasteiger partial charge is 0.242 e. The van der Waals surface area contributed by atoms with Crippen molar-refractivity contribution in [2.24, 2.45) is 0 Å². The SMILES string of the molecule is Cc1ccc(NC(=O)[C@H](Sc2ccc3c(c2)OCCO3)c2ccccc2)cc1. The lowest BCUT2D eigenvalue weighted by atomic mass is 10.1. The van der Waals surface area contributed by atoms with E-state index in [1.54, 1.807) is 0 Å². The van der Waals surface area contributed by atoms with Gasteiger partial charge in [-0.15, -0.1) is 11.8 Å². The maximum atomic E-state index is 13.1. The number of fused-ring (bicyclic) bond motifs is 1. The normalized spacial score (nSPS) is 13.6. The molecule has 1 atom stereocenters. The van der Waals surface area contributed by atoms with Gasteiger partial charge in [0.25, 0.3) is 0 Å². The minimum absolute atomic E-state index is 0.0602. The van der Waals surface area contributed by atoms with Crippen molar-refractivity contribution in [2.45, 2.75) is 17.1 Å². The number of amides is 1. The van der Waals surface area contributed by atoms with Crippen molar-refractivity contribution in [1.29, 1.82) is 0 Å². The van der Waals surface area contributed by atoms with Gasteiger partial charge < -0.3 is 14.8 Å². The third-order valence-electron chi connectivity index (χ3n) is 4.43. The lowest BCUT2D eigenvalue weighted by Gasteiger charge is -2.21. The number of carbonyl (C=O) groups excluding carboxylic acids is 1. The second kappa shape index (κ2) is 8.40. The molecule has 5 heteroatoms. The van der Waals surface area contributed by atoms with E-state index in [1.807, 2.05) is 79.7 Å². The second-order valence-corrected chi connectivity index (χ2v) is 7.75. The Morgan fingerprint density at radius 1 is 0.929 bits per heavy atom. The minimum Gasteiger partial charge on any atom is -0.486 e. The predicted octanol–water partition coefficient (Wildman–Crippen LogP) is 5.24. The van der Waals surface area contributed by atoms with Crippen LogP contribution in [0.5, 0.6) is 11.5 Å². The lowest BCUT2D eigenvalue weighted by molar-refractivity contribution is -0.115. The van der Waals surface area contributed by atoms with Crippen molar-refractivity contribution < 1.29 is 14.3 Å². The van der Waals surface area contributed by atoms with Crippen molar-refractivity contribution in [2.75, 3.05) is 18.5 Å². The van der Waals surface area contributed by atoms with Crippen molar-refractivity contribution in [3.63, 3.8) is 0 Å². The van der Waals surface area contributed by atoms with Crippen molar-refractivity contribution in [3.05, 3.63) is 83.9 Å². The Kier molecular flexibility index (Phi) is 5.53. The summed E-state index contributed by atoms with van der Waals surface area (Å²) in [6.07, 6.45) is 0. The number of carbonyl (C=O) groups is 1. The Hall–Kier alpha value is -2.92. The number of rotatable bonds is 5. The third kappa shape index (κ3) is 4.31. The fourth-order valence-corrected chi connectivity index (χ4v) is 4.03. The van der Waals surface area contributed by atoms with Crippen LogP contribution in [-0.2, 0) is 4.79 Å². The molecule has 142 valence electrons. The molecule has 0 fully saturated rings. The summed E-state index contributed by atoms with van der Waals surface area (Å²) in [5, 5.41) is 2.65. The molecule has 1 aliphatic heterocycles. The van der Waals surface area contributed by atoms with E-state index >= 15 is 0 Å². The van der Waals surface area contributed by atoms with Gasteiger partial charge in [0.05, 0.1) is 0 Å². The van der Waals surface area contributed by atoms with E-state index in [-0.39, 0.29) is 11.2 Å². The number of nitrogens with one attached hydrogen (secondary N) is 1. The highest BCUT2D eigenvalue weighted by Crippen LogP contribution is 2.40. The first-order chi connectivity index (χ1) is 13.7. The molecule has 3 aromatic rings. The van der Waals surface area contributed by atoms with E-state index in [0.29, 0.717) is 13.2 Å². The summed E-state index contributed by atoms with van der Waals surface area (Å²) < 4.78 is 11.3. The van der Waals surface area contributed by atoms with Crippen LogP contribution in [0.3, 0.4) is 0 Å². The predicted molar refractivity (Wildman–Crippen MR) is 112 cm³/mol. The van der Waals surface area contributed by atoms with Crippen LogP contribution in [0.4, 0.5) is 5.69 Å². The van der Waals surface area contributed by atoms with Gasteiger partial charge in [-0.25, -0.2) is 0 Å². The average molecular weight is 391 g/mol. The summed E-state index contributed by atoms with van der Waals surface area (Å²) in [4.78, 5) is 14.1. The lowest BCUT2D eigenvalue weighted by Crippen LogP contribution is -2.19. The highest BCUT2D eigenvalue weighted by atomic mass is 32.2. The molecule has 1 N–H and O–H groups in total. The molecule has 0 bridgehead atoms. The molecule has 0 aliphatic carbocycles. The minimum atomic E-state index is -0.384. The Morgan fingerprint density at radius 3 is 2.39 bits per heavy atom. The van der Waals surface area contributed by atoms with Gasteiger partial charge in [-0.2, -0.15) is 0 Å². The monoisotopic (exact) mass is 391 g/mol. The van der Waals surface area contributed by atoms with Crippen molar-refractivity contribution >= 4 is 23.4 Å². The highest BCUT2D eigenvalue weighted by Gasteiger charge is 2.23. The molecule has 0 unspecified atom stereocenters. The quantitative estimate of drug-likeness (QED) is 0.605. The van der Waals surface area contributed by atoms with Crippen LogP contribution >= 0.6 is 11.8 Å². The molecular formula is C23H21NO3S. The third-order valence-corrected chi connectivity index (χ3v) is 5.68. The van der Waals surface area contributed by atoms with Crippen LogP contribution in [0, 0.1) is 6.92 Å². The van der Waals surface area contributed by atoms with Gasteiger partial charge in [-0.05, 0) is 42.8 Å². The molecule has 1 amide bonds. The first-order valence-electron chi connectivity index (χ1n) is 9.18. The number of hydrogen-bond acceptors (Lipinski definition) is 4. The largest absolute Gasteiger partial charge is 0.486 e. The number of hydrogen-bond donors (Lipinski definition) is 1. The second-order valence-electron chi connectivity index (χ2n) is 6.57. The summed E-state index contributed by atoms with van der Waals surface area (Å²) in [7, 11) is 0. The molecule has 28 heavy (non-hydrogen) atoms. The molecule has 0 radical (unpaired) electrons. The first-order valence-corrected chi connectivity index (χ1v) is 10.1. The molecule has 1 aliphatic rings. The van der Waals surface area contributed by atoms with Crippen molar-refractivity contribution in [3.8, 4) is 11.5 Å². The fourth-order valence-electron chi connectivity index (χ4n) is 2.98. The summed E-state index contributed by atoms with van der Waals surface area (Å²) in [6, 6.07) is 23.4. The Morgan fingerprint density at radius 2 is 1.64 bits per heavy atom. The molecule has 1 heterocycles. The van der Waals surface area contributed by atoms with E-state index in [9.17, 15) is 4.79 Å². The molecule has 0 aromatic heterocycles. The highest BCUT2D eigenvalue weighted by molar-refractivity contribution is 8.00. The topological polar surface area (TPSA) is 47.6 Å². The van der Waals surface area contributed by atoms with E-state index < -0.39 is 0 Å². The summed E-state index contributed by atoms with van der Waals surface area (Å²) in [5.41, 5.74) is 2.90. The number of aryl methyl sites for hydroxylation is 1. The Bertz CT molecular complexity index is 957. The van der Waals surface area contributed by atoms with Gasteiger partial charge >= 0.3 is 0 Å². The summed E-state index contributed by atoms with van der Waals surface area (Å²) in [5.74, 6) is 1.41. The van der Waals surface area contributed by atoms with Crippen LogP contribution in [-0.4, -0.2) is 19.1 Å². The zero-order valence-electron chi connectivity index (χ0n) is 15.6. The van der Waals surface area contributed by atoms with Crippen LogP contribution in [0.15, 0.2) is 77.7 Å². The average Bonchev–Trinajstić information content (AvgIpc) is 2.74. The molecule has 4 rings (SSSR count).